The van der Waals surface area contributed by atoms with Crippen molar-refractivity contribution in [3.05, 3.63) is 41.5 Å². The molecule has 0 saturated carbocycles. The van der Waals surface area contributed by atoms with Gasteiger partial charge in [0, 0.05) is 35.7 Å². The van der Waals surface area contributed by atoms with E-state index in [1.165, 1.54) is 0 Å². The van der Waals surface area contributed by atoms with Crippen LogP contribution in [0.5, 0.6) is 23.0 Å². The molecule has 8 heteroatoms. The molecule has 8 nitrogen and oxygen atoms in total. The van der Waals surface area contributed by atoms with Gasteiger partial charge in [0.1, 0.15) is 29.7 Å². The maximum Gasteiger partial charge on any atom is 0.252 e. The monoisotopic (exact) mass is 478 g/mol. The van der Waals surface area contributed by atoms with Crippen LogP contribution >= 0.6 is 0 Å². The molecule has 2 aliphatic heterocycles. The lowest BCUT2D eigenvalue weighted by Crippen LogP contribution is -2.39. The minimum atomic E-state index is -0.365. The summed E-state index contributed by atoms with van der Waals surface area (Å²) in [4.78, 5) is 19.8. The first-order valence-corrected chi connectivity index (χ1v) is 11.8. The molecule has 1 saturated heterocycles. The summed E-state index contributed by atoms with van der Waals surface area (Å²) >= 11 is 0. The Morgan fingerprint density at radius 1 is 1.03 bits per heavy atom. The highest BCUT2D eigenvalue weighted by Gasteiger charge is 2.31. The van der Waals surface area contributed by atoms with E-state index in [2.05, 4.69) is 0 Å². The number of amides is 1. The molecule has 1 atom stereocenters. The first-order valence-electron chi connectivity index (χ1n) is 11.8. The van der Waals surface area contributed by atoms with Gasteiger partial charge in [-0.3, -0.25) is 4.79 Å². The SMILES string of the molecule is COc1cc(OC)c2nc(-c3cc4c(c(OC)c3)OCCN(C(=O)C3CCCO3)C4)cc(C)c2c1. The molecule has 2 aromatic carbocycles. The highest BCUT2D eigenvalue weighted by molar-refractivity contribution is 5.91. The molecule has 2 aliphatic rings. The lowest BCUT2D eigenvalue weighted by molar-refractivity contribution is -0.141. The molecule has 3 heterocycles. The van der Waals surface area contributed by atoms with Gasteiger partial charge in [-0.2, -0.15) is 0 Å². The summed E-state index contributed by atoms with van der Waals surface area (Å²) < 4.78 is 28.4. The highest BCUT2D eigenvalue weighted by atomic mass is 16.5. The average Bonchev–Trinajstić information content (AvgIpc) is 3.33. The third-order valence-electron chi connectivity index (χ3n) is 6.65. The molecular weight excluding hydrogens is 448 g/mol. The van der Waals surface area contributed by atoms with E-state index in [0.29, 0.717) is 49.3 Å². The Balaban J connectivity index is 1.58. The largest absolute Gasteiger partial charge is 0.497 e. The highest BCUT2D eigenvalue weighted by Crippen LogP contribution is 2.40. The average molecular weight is 479 g/mol. The van der Waals surface area contributed by atoms with Gasteiger partial charge in [0.15, 0.2) is 11.5 Å². The summed E-state index contributed by atoms with van der Waals surface area (Å²) in [6, 6.07) is 9.79. The Kier molecular flexibility index (Phi) is 6.38. The van der Waals surface area contributed by atoms with Crippen molar-refractivity contribution in [3.8, 4) is 34.3 Å². The van der Waals surface area contributed by atoms with Crippen LogP contribution in [0, 0.1) is 6.92 Å². The van der Waals surface area contributed by atoms with Crippen molar-refractivity contribution in [3.63, 3.8) is 0 Å². The predicted octanol–water partition coefficient (Wildman–Crippen LogP) is 4.14. The molecule has 0 spiro atoms. The Bertz CT molecular complexity index is 1270. The number of fused-ring (bicyclic) bond motifs is 2. The van der Waals surface area contributed by atoms with E-state index >= 15 is 0 Å². The van der Waals surface area contributed by atoms with E-state index < -0.39 is 0 Å². The number of carbonyl (C=O) groups is 1. The predicted molar refractivity (Wildman–Crippen MR) is 131 cm³/mol. The summed E-state index contributed by atoms with van der Waals surface area (Å²) in [5.41, 5.74) is 4.33. The van der Waals surface area contributed by atoms with Crippen LogP contribution in [0.2, 0.25) is 0 Å². The molecule has 0 N–H and O–H groups in total. The van der Waals surface area contributed by atoms with Crippen LogP contribution in [0.25, 0.3) is 22.2 Å². The van der Waals surface area contributed by atoms with E-state index in [4.69, 9.17) is 28.7 Å². The Labute approximate surface area is 204 Å². The lowest BCUT2D eigenvalue weighted by Gasteiger charge is -2.23. The molecule has 1 fully saturated rings. The minimum Gasteiger partial charge on any atom is -0.497 e. The van der Waals surface area contributed by atoms with Crippen molar-refractivity contribution in [2.45, 2.75) is 32.4 Å². The van der Waals surface area contributed by atoms with Crippen LogP contribution in [0.3, 0.4) is 0 Å². The maximum atomic E-state index is 13.1. The third kappa shape index (κ3) is 4.34. The minimum absolute atomic E-state index is 0.0154. The van der Waals surface area contributed by atoms with Crippen molar-refractivity contribution in [1.82, 2.24) is 9.88 Å². The van der Waals surface area contributed by atoms with Crippen LogP contribution < -0.4 is 18.9 Å². The van der Waals surface area contributed by atoms with E-state index in [0.717, 1.165) is 46.1 Å². The van der Waals surface area contributed by atoms with Gasteiger partial charge in [-0.05, 0) is 49.6 Å². The molecule has 1 unspecified atom stereocenters. The van der Waals surface area contributed by atoms with Crippen molar-refractivity contribution < 1.29 is 28.5 Å². The summed E-state index contributed by atoms with van der Waals surface area (Å²) in [5.74, 6) is 2.65. The maximum absolute atomic E-state index is 13.1. The second-order valence-electron chi connectivity index (χ2n) is 8.83. The molecule has 0 aliphatic carbocycles. The molecule has 3 aromatic rings. The second kappa shape index (κ2) is 9.62. The number of benzene rings is 2. The molecule has 184 valence electrons. The molecular formula is C27H30N2O6. The number of rotatable bonds is 5. The lowest BCUT2D eigenvalue weighted by atomic mass is 10.0. The number of hydrogen-bond acceptors (Lipinski definition) is 7. The summed E-state index contributed by atoms with van der Waals surface area (Å²) in [6.07, 6.45) is 1.31. The first-order chi connectivity index (χ1) is 17.0. The molecule has 1 amide bonds. The van der Waals surface area contributed by atoms with Gasteiger partial charge < -0.3 is 28.6 Å². The first kappa shape index (κ1) is 23.2. The van der Waals surface area contributed by atoms with Crippen LogP contribution in [0.4, 0.5) is 0 Å². The zero-order chi connectivity index (χ0) is 24.5. The van der Waals surface area contributed by atoms with Gasteiger partial charge in [0.05, 0.1) is 33.6 Å². The van der Waals surface area contributed by atoms with Gasteiger partial charge in [-0.15, -0.1) is 0 Å². The van der Waals surface area contributed by atoms with E-state index in [1.54, 1.807) is 21.3 Å². The van der Waals surface area contributed by atoms with Crippen molar-refractivity contribution in [2.75, 3.05) is 41.1 Å². The van der Waals surface area contributed by atoms with E-state index in [-0.39, 0.29) is 12.0 Å². The topological polar surface area (TPSA) is 79.4 Å². The zero-order valence-corrected chi connectivity index (χ0v) is 20.6. The molecule has 5 rings (SSSR count). The quantitative estimate of drug-likeness (QED) is 0.545. The van der Waals surface area contributed by atoms with E-state index in [1.807, 2.05) is 42.2 Å². The molecule has 35 heavy (non-hydrogen) atoms. The second-order valence-corrected chi connectivity index (χ2v) is 8.83. The smallest absolute Gasteiger partial charge is 0.252 e. The van der Waals surface area contributed by atoms with Gasteiger partial charge >= 0.3 is 0 Å². The Morgan fingerprint density at radius 3 is 2.57 bits per heavy atom. The van der Waals surface area contributed by atoms with Crippen LogP contribution in [0.1, 0.15) is 24.0 Å². The zero-order valence-electron chi connectivity index (χ0n) is 20.6. The fourth-order valence-electron chi connectivity index (χ4n) is 4.80. The fourth-order valence-corrected chi connectivity index (χ4v) is 4.80. The number of aromatic nitrogens is 1. The van der Waals surface area contributed by atoms with Crippen molar-refractivity contribution in [2.24, 2.45) is 0 Å². The van der Waals surface area contributed by atoms with Crippen molar-refractivity contribution in [1.29, 1.82) is 0 Å². The fraction of sp³-hybridized carbons (Fsp3) is 0.407. The Morgan fingerprint density at radius 2 is 1.86 bits per heavy atom. The van der Waals surface area contributed by atoms with Crippen molar-refractivity contribution >= 4 is 16.8 Å². The van der Waals surface area contributed by atoms with Gasteiger partial charge in [-0.1, -0.05) is 0 Å². The number of pyridine rings is 1. The van der Waals surface area contributed by atoms with Crippen LogP contribution in [-0.4, -0.2) is 63.0 Å². The molecule has 1 aromatic heterocycles. The normalized spacial score (nSPS) is 17.5. The number of carbonyl (C=O) groups excluding carboxylic acids is 1. The number of nitrogens with zero attached hydrogens (tertiary/aromatic N) is 2. The number of methoxy groups -OCH3 is 3. The van der Waals surface area contributed by atoms with E-state index in [9.17, 15) is 4.79 Å². The summed E-state index contributed by atoms with van der Waals surface area (Å²) in [5, 5.41) is 0.961. The molecule has 0 bridgehead atoms. The van der Waals surface area contributed by atoms with Gasteiger partial charge in [0.2, 0.25) is 0 Å². The standard InChI is InChI=1S/C27H30N2O6/c1-16-10-21(28-25-20(16)13-19(31-2)14-23(25)32-3)17-11-18-15-29(27(30)22-6-5-8-34-22)7-9-35-26(18)24(12-17)33-4/h10-14,22H,5-9,15H2,1-4H3. The van der Waals surface area contributed by atoms with Gasteiger partial charge in [-0.25, -0.2) is 4.98 Å². The van der Waals surface area contributed by atoms with Crippen LogP contribution in [0.15, 0.2) is 30.3 Å². The number of aryl methyl sites for hydroxylation is 1. The summed E-state index contributed by atoms with van der Waals surface area (Å²) in [7, 11) is 4.88. The third-order valence-corrected chi connectivity index (χ3v) is 6.65. The number of ether oxygens (including phenoxy) is 5. The summed E-state index contributed by atoms with van der Waals surface area (Å²) in [6.45, 7) is 3.99. The van der Waals surface area contributed by atoms with Crippen LogP contribution in [-0.2, 0) is 16.1 Å². The number of hydrogen-bond donors (Lipinski definition) is 0. The van der Waals surface area contributed by atoms with Gasteiger partial charge in [0.25, 0.3) is 5.91 Å². The Hall–Kier alpha value is -3.52. The molecule has 0 radical (unpaired) electrons.